The van der Waals surface area contributed by atoms with Gasteiger partial charge >= 0.3 is 12.5 Å². The van der Waals surface area contributed by atoms with Gasteiger partial charge in [0.05, 0.1) is 24.1 Å². The molecule has 1 aromatic carbocycles. The molecule has 0 unspecified atom stereocenters. The largest absolute Gasteiger partial charge is 0.573 e. The second kappa shape index (κ2) is 9.12. The first kappa shape index (κ1) is 22.8. The molecule has 0 spiro atoms. The molecule has 0 aliphatic rings. The maximum atomic E-state index is 12.2. The molecule has 12 heteroatoms. The van der Waals surface area contributed by atoms with Crippen LogP contribution in [-0.2, 0) is 11.3 Å². The average Bonchev–Trinajstić information content (AvgIpc) is 3.14. The number of alkyl halides is 3. The molecule has 0 saturated carbocycles. The lowest BCUT2D eigenvalue weighted by Gasteiger charge is -2.19. The molecular weight excluding hydrogens is 429 g/mol. The van der Waals surface area contributed by atoms with Gasteiger partial charge in [-0.15, -0.1) is 18.3 Å². The molecule has 0 radical (unpaired) electrons. The molecule has 0 aliphatic heterocycles. The average molecular weight is 450 g/mol. The smallest absolute Gasteiger partial charge is 0.444 e. The van der Waals surface area contributed by atoms with Crippen LogP contribution in [0.25, 0.3) is 5.69 Å². The molecule has 170 valence electrons. The van der Waals surface area contributed by atoms with Crippen LogP contribution in [0.2, 0.25) is 0 Å². The maximum Gasteiger partial charge on any atom is 0.573 e. The lowest BCUT2D eigenvalue weighted by molar-refractivity contribution is -0.274. The third kappa shape index (κ3) is 7.15. The quantitative estimate of drug-likeness (QED) is 0.569. The number of hydrogen-bond acceptors (Lipinski definition) is 7. The van der Waals surface area contributed by atoms with E-state index in [-0.39, 0.29) is 12.3 Å². The van der Waals surface area contributed by atoms with Crippen molar-refractivity contribution in [3.05, 3.63) is 54.7 Å². The van der Waals surface area contributed by atoms with Crippen LogP contribution in [0.5, 0.6) is 5.75 Å². The van der Waals surface area contributed by atoms with E-state index in [0.29, 0.717) is 23.0 Å². The Kier molecular flexibility index (Phi) is 6.51. The van der Waals surface area contributed by atoms with Crippen molar-refractivity contribution in [1.82, 2.24) is 19.7 Å². The minimum absolute atomic E-state index is 0.258. The maximum absolute atomic E-state index is 12.2. The minimum atomic E-state index is -4.74. The van der Waals surface area contributed by atoms with Gasteiger partial charge in [-0.05, 0) is 57.2 Å². The fourth-order valence-electron chi connectivity index (χ4n) is 2.47. The van der Waals surface area contributed by atoms with Gasteiger partial charge in [0.1, 0.15) is 23.5 Å². The Labute approximate surface area is 181 Å². The molecule has 32 heavy (non-hydrogen) atoms. The number of carbonyl (C=O) groups excluding carboxylic acids is 1. The molecule has 0 bridgehead atoms. The Balaban J connectivity index is 1.53. The van der Waals surface area contributed by atoms with E-state index in [2.05, 4.69) is 30.4 Å². The standard InChI is InChI=1S/C20H21F3N6O3/c1-19(2,3)32-18(30)27-13-4-9-16(24-10-13)25-11-17-26-12-29(28-17)14-5-7-15(8-6-14)31-20(21,22)23/h4-10,12H,11H2,1-3H3,(H,24,25)(H,27,30). The fraction of sp³-hybridized carbons (Fsp3) is 0.300. The van der Waals surface area contributed by atoms with Crippen molar-refractivity contribution in [3.63, 3.8) is 0 Å². The first-order chi connectivity index (χ1) is 15.0. The first-order valence-corrected chi connectivity index (χ1v) is 9.43. The Hall–Kier alpha value is -3.83. The second-order valence-electron chi connectivity index (χ2n) is 7.56. The number of carbonyl (C=O) groups is 1. The molecular formula is C20H21F3N6O3. The van der Waals surface area contributed by atoms with Crippen molar-refractivity contribution in [2.45, 2.75) is 39.3 Å². The predicted molar refractivity (Wildman–Crippen MR) is 109 cm³/mol. The van der Waals surface area contributed by atoms with Gasteiger partial charge in [-0.1, -0.05) is 0 Å². The number of nitrogens with one attached hydrogen (secondary N) is 2. The fourth-order valence-corrected chi connectivity index (χ4v) is 2.47. The molecule has 2 heterocycles. The van der Waals surface area contributed by atoms with E-state index >= 15 is 0 Å². The lowest BCUT2D eigenvalue weighted by atomic mass is 10.2. The highest BCUT2D eigenvalue weighted by Gasteiger charge is 2.31. The zero-order valence-electron chi connectivity index (χ0n) is 17.5. The summed E-state index contributed by atoms with van der Waals surface area (Å²) < 4.78 is 47.2. The van der Waals surface area contributed by atoms with Crippen molar-refractivity contribution in [2.24, 2.45) is 0 Å². The summed E-state index contributed by atoms with van der Waals surface area (Å²) in [6, 6.07) is 8.59. The number of nitrogens with zero attached hydrogens (tertiary/aromatic N) is 4. The Bertz CT molecular complexity index is 1040. The van der Waals surface area contributed by atoms with Crippen molar-refractivity contribution in [1.29, 1.82) is 0 Å². The van der Waals surface area contributed by atoms with Crippen molar-refractivity contribution in [3.8, 4) is 11.4 Å². The molecule has 2 aromatic heterocycles. The topological polar surface area (TPSA) is 103 Å². The zero-order valence-corrected chi connectivity index (χ0v) is 17.5. The molecule has 0 saturated heterocycles. The Morgan fingerprint density at radius 3 is 2.38 bits per heavy atom. The van der Waals surface area contributed by atoms with E-state index in [0.717, 1.165) is 0 Å². The predicted octanol–water partition coefficient (Wildman–Crippen LogP) is 4.52. The van der Waals surface area contributed by atoms with Crippen molar-refractivity contribution < 1.29 is 27.4 Å². The van der Waals surface area contributed by atoms with Crippen LogP contribution in [0, 0.1) is 0 Å². The van der Waals surface area contributed by atoms with E-state index in [4.69, 9.17) is 4.74 Å². The highest BCUT2D eigenvalue weighted by molar-refractivity contribution is 5.84. The number of rotatable bonds is 6. The van der Waals surface area contributed by atoms with Crippen LogP contribution in [0.15, 0.2) is 48.9 Å². The van der Waals surface area contributed by atoms with Gasteiger partial charge in [0.2, 0.25) is 0 Å². The summed E-state index contributed by atoms with van der Waals surface area (Å²) in [7, 11) is 0. The third-order valence-corrected chi connectivity index (χ3v) is 3.71. The van der Waals surface area contributed by atoms with Gasteiger partial charge in [-0.3, -0.25) is 5.32 Å². The number of amides is 1. The van der Waals surface area contributed by atoms with Gasteiger partial charge in [0.15, 0.2) is 5.82 Å². The van der Waals surface area contributed by atoms with Crippen LogP contribution in [-0.4, -0.2) is 37.8 Å². The van der Waals surface area contributed by atoms with Gasteiger partial charge in [0.25, 0.3) is 0 Å². The van der Waals surface area contributed by atoms with E-state index in [9.17, 15) is 18.0 Å². The Morgan fingerprint density at radius 2 is 1.78 bits per heavy atom. The number of aromatic nitrogens is 4. The molecule has 9 nitrogen and oxygen atoms in total. The van der Waals surface area contributed by atoms with E-state index < -0.39 is 18.1 Å². The monoisotopic (exact) mass is 450 g/mol. The van der Waals surface area contributed by atoms with Gasteiger partial charge in [-0.25, -0.2) is 19.4 Å². The minimum Gasteiger partial charge on any atom is -0.444 e. The molecule has 0 fully saturated rings. The Morgan fingerprint density at radius 1 is 1.06 bits per heavy atom. The number of hydrogen-bond donors (Lipinski definition) is 2. The van der Waals surface area contributed by atoms with E-state index in [1.165, 1.54) is 41.5 Å². The van der Waals surface area contributed by atoms with Gasteiger partial charge in [-0.2, -0.15) is 0 Å². The molecule has 3 rings (SSSR count). The number of benzene rings is 1. The molecule has 0 aliphatic carbocycles. The third-order valence-electron chi connectivity index (χ3n) is 3.71. The van der Waals surface area contributed by atoms with Crippen LogP contribution in [0.4, 0.5) is 29.5 Å². The van der Waals surface area contributed by atoms with Crippen molar-refractivity contribution >= 4 is 17.6 Å². The zero-order chi connectivity index (χ0) is 23.4. The van der Waals surface area contributed by atoms with Crippen LogP contribution in [0.1, 0.15) is 26.6 Å². The summed E-state index contributed by atoms with van der Waals surface area (Å²) in [4.78, 5) is 20.1. The molecule has 1 amide bonds. The molecule has 0 atom stereocenters. The normalized spacial score (nSPS) is 11.7. The van der Waals surface area contributed by atoms with E-state index in [1.807, 2.05) is 0 Å². The second-order valence-corrected chi connectivity index (χ2v) is 7.56. The van der Waals surface area contributed by atoms with Crippen LogP contribution >= 0.6 is 0 Å². The number of anilines is 2. The summed E-state index contributed by atoms with van der Waals surface area (Å²) in [6.45, 7) is 5.56. The number of ether oxygens (including phenoxy) is 2. The van der Waals surface area contributed by atoms with Gasteiger partial charge < -0.3 is 14.8 Å². The number of halogens is 3. The number of pyridine rings is 1. The first-order valence-electron chi connectivity index (χ1n) is 9.43. The van der Waals surface area contributed by atoms with Crippen LogP contribution in [0.3, 0.4) is 0 Å². The summed E-state index contributed by atoms with van der Waals surface area (Å²) in [5.74, 6) is 0.655. The summed E-state index contributed by atoms with van der Waals surface area (Å²) in [6.07, 6.45) is -2.40. The summed E-state index contributed by atoms with van der Waals surface area (Å²) in [5, 5.41) is 9.90. The lowest BCUT2D eigenvalue weighted by Crippen LogP contribution is -2.27. The van der Waals surface area contributed by atoms with Crippen molar-refractivity contribution in [2.75, 3.05) is 10.6 Å². The highest BCUT2D eigenvalue weighted by Crippen LogP contribution is 2.23. The SMILES string of the molecule is CC(C)(C)OC(=O)Nc1ccc(NCc2ncn(-c3ccc(OC(F)(F)F)cc3)n2)nc1. The van der Waals surface area contributed by atoms with Crippen LogP contribution < -0.4 is 15.4 Å². The molecule has 2 N–H and O–H groups in total. The van der Waals surface area contributed by atoms with Gasteiger partial charge in [0, 0.05) is 0 Å². The molecule has 3 aromatic rings. The summed E-state index contributed by atoms with van der Waals surface area (Å²) in [5.41, 5.74) is 0.396. The highest BCUT2D eigenvalue weighted by atomic mass is 19.4. The van der Waals surface area contributed by atoms with E-state index in [1.54, 1.807) is 32.9 Å². The summed E-state index contributed by atoms with van der Waals surface area (Å²) >= 11 is 0.